The normalized spacial score (nSPS) is 11.1. The molecule has 4 N–H and O–H groups in total. The van der Waals surface area contributed by atoms with Gasteiger partial charge in [-0.15, -0.1) is 0 Å². The fraction of sp³-hybridized carbons (Fsp3) is 0.257. The Balaban J connectivity index is 0.000000476. The maximum atomic E-state index is 12.2. The highest BCUT2D eigenvalue weighted by Gasteiger charge is 2.38. The largest absolute Gasteiger partial charge is 0.492 e. The topological polar surface area (TPSA) is 180 Å². The van der Waals surface area contributed by atoms with Crippen LogP contribution in [0, 0.1) is 0 Å². The number of ether oxygens (including phenoxy) is 2. The van der Waals surface area contributed by atoms with E-state index in [9.17, 15) is 31.1 Å². The van der Waals surface area contributed by atoms with Gasteiger partial charge in [0.05, 0.1) is 17.1 Å². The second-order valence-electron chi connectivity index (χ2n) is 11.3. The number of halogens is 6. The van der Waals surface area contributed by atoms with Crippen LogP contribution in [-0.4, -0.2) is 92.7 Å². The van der Waals surface area contributed by atoms with Gasteiger partial charge in [0.25, 0.3) is 0 Å². The number of nitrogens with zero attached hydrogens (tertiary/aromatic N) is 4. The molecule has 0 aliphatic heterocycles. The van der Waals surface area contributed by atoms with Crippen LogP contribution in [0.4, 0.5) is 32.0 Å². The number of hydrogen-bond acceptors (Lipinski definition) is 9. The third-order valence-corrected chi connectivity index (χ3v) is 6.71. The number of aliphatic carboxylic acids is 2. The summed E-state index contributed by atoms with van der Waals surface area (Å²) < 4.78 is 75.8. The van der Waals surface area contributed by atoms with Gasteiger partial charge in [-0.2, -0.15) is 36.4 Å². The molecule has 5 rings (SSSR count). The Morgan fingerprint density at radius 1 is 0.833 bits per heavy atom. The van der Waals surface area contributed by atoms with Gasteiger partial charge in [-0.1, -0.05) is 31.2 Å². The van der Waals surface area contributed by atoms with Crippen molar-refractivity contribution in [3.05, 3.63) is 79.1 Å². The SMILES string of the molecule is CCCC(=O)Nc1cccc(-c2nc(Oc3ccc(-c4cn[nH]c4)cc3)c3cc(OCCN(C)C)ccc3n2)c1.O=C(O)C(F)(F)F.O=C(O)C(F)(F)F. The van der Waals surface area contributed by atoms with E-state index >= 15 is 0 Å². The van der Waals surface area contributed by atoms with Crippen LogP contribution in [-0.2, 0) is 14.4 Å². The molecule has 1 amide bonds. The van der Waals surface area contributed by atoms with E-state index in [0.29, 0.717) is 41.9 Å². The molecule has 0 unspecified atom stereocenters. The van der Waals surface area contributed by atoms with Gasteiger partial charge in [0.1, 0.15) is 18.1 Å². The average Bonchev–Trinajstić information content (AvgIpc) is 3.64. The molecule has 3 aromatic carbocycles. The van der Waals surface area contributed by atoms with Crippen molar-refractivity contribution in [3.63, 3.8) is 0 Å². The number of carboxylic acids is 2. The predicted octanol–water partition coefficient (Wildman–Crippen LogP) is 7.42. The van der Waals surface area contributed by atoms with Crippen LogP contribution >= 0.6 is 0 Å². The number of aromatic amines is 1. The summed E-state index contributed by atoms with van der Waals surface area (Å²) in [5, 5.41) is 24.8. The first-order valence-electron chi connectivity index (χ1n) is 15.7. The van der Waals surface area contributed by atoms with Crippen LogP contribution in [0.15, 0.2) is 79.1 Å². The lowest BCUT2D eigenvalue weighted by Crippen LogP contribution is -2.21. The number of anilines is 1. The fourth-order valence-electron chi connectivity index (χ4n) is 4.14. The lowest BCUT2D eigenvalue weighted by atomic mass is 10.1. The number of fused-ring (bicyclic) bond motifs is 1. The molecule has 0 saturated carbocycles. The van der Waals surface area contributed by atoms with Crippen molar-refractivity contribution < 1.29 is 60.4 Å². The Labute approximate surface area is 303 Å². The standard InChI is InChI=1S/C31H32N6O3.2C2HF3O2/c1-4-6-29(38)34-24-8-5-7-22(17-24)30-35-28-14-13-26(39-16-15-37(2)3)18-27(28)31(36-30)40-25-11-9-21(10-12-25)23-19-32-33-20-23;2*3-2(4,5)1(6)7/h5,7-14,17-20H,4,6,15-16H2,1-3H3,(H,32,33)(H,34,38);2*(H,6,7). The molecule has 0 bridgehead atoms. The minimum absolute atomic E-state index is 0.0243. The van der Waals surface area contributed by atoms with Gasteiger partial charge >= 0.3 is 24.3 Å². The number of aromatic nitrogens is 4. The van der Waals surface area contributed by atoms with Gasteiger partial charge in [-0.05, 0) is 68.5 Å². The molecule has 0 saturated heterocycles. The minimum Gasteiger partial charge on any atom is -0.492 e. The molecule has 13 nitrogen and oxygen atoms in total. The van der Waals surface area contributed by atoms with Crippen molar-refractivity contribution in [2.24, 2.45) is 0 Å². The highest BCUT2D eigenvalue weighted by molar-refractivity contribution is 5.91. The number of carboxylic acid groups (broad SMARTS) is 2. The molecule has 5 aromatic rings. The zero-order chi connectivity index (χ0) is 40.1. The Bertz CT molecular complexity index is 1980. The lowest BCUT2D eigenvalue weighted by Gasteiger charge is -2.14. The van der Waals surface area contributed by atoms with Crippen molar-refractivity contribution in [1.29, 1.82) is 0 Å². The summed E-state index contributed by atoms with van der Waals surface area (Å²) in [6.07, 6.45) is -5.30. The lowest BCUT2D eigenvalue weighted by molar-refractivity contribution is -0.193. The van der Waals surface area contributed by atoms with E-state index in [1.54, 1.807) is 6.20 Å². The smallest absolute Gasteiger partial charge is 0.490 e. The number of benzene rings is 3. The van der Waals surface area contributed by atoms with Gasteiger partial charge in [0.2, 0.25) is 11.8 Å². The highest BCUT2D eigenvalue weighted by Crippen LogP contribution is 2.34. The molecular formula is C35H34F6N6O7. The van der Waals surface area contributed by atoms with Gasteiger partial charge in [-0.3, -0.25) is 9.89 Å². The molecule has 54 heavy (non-hydrogen) atoms. The molecule has 2 aromatic heterocycles. The molecule has 19 heteroatoms. The molecular weight excluding hydrogens is 730 g/mol. The van der Waals surface area contributed by atoms with Gasteiger partial charge in [0, 0.05) is 36.0 Å². The molecule has 0 aliphatic rings. The van der Waals surface area contributed by atoms with Gasteiger partial charge < -0.3 is 29.9 Å². The van der Waals surface area contributed by atoms with Crippen molar-refractivity contribution in [2.45, 2.75) is 32.1 Å². The number of likely N-dealkylation sites (N-methyl/N-ethyl adjacent to an activating group) is 1. The van der Waals surface area contributed by atoms with E-state index in [0.717, 1.165) is 40.6 Å². The maximum Gasteiger partial charge on any atom is 0.490 e. The summed E-state index contributed by atoms with van der Waals surface area (Å²) in [7, 11) is 4.01. The predicted molar refractivity (Wildman–Crippen MR) is 184 cm³/mol. The molecule has 0 spiro atoms. The first-order chi connectivity index (χ1) is 25.4. The molecule has 2 heterocycles. The fourth-order valence-corrected chi connectivity index (χ4v) is 4.14. The van der Waals surface area contributed by atoms with Gasteiger partial charge in [-0.25, -0.2) is 14.6 Å². The molecule has 288 valence electrons. The van der Waals surface area contributed by atoms with Crippen LogP contribution in [0.25, 0.3) is 33.4 Å². The Morgan fingerprint density at radius 2 is 1.46 bits per heavy atom. The molecule has 0 radical (unpaired) electrons. The third kappa shape index (κ3) is 13.4. The Kier molecular flexibility index (Phi) is 14.9. The van der Waals surface area contributed by atoms with Crippen LogP contribution in [0.3, 0.4) is 0 Å². The van der Waals surface area contributed by atoms with E-state index in [1.807, 2.05) is 93.9 Å². The third-order valence-electron chi connectivity index (χ3n) is 6.71. The van der Waals surface area contributed by atoms with Crippen molar-refractivity contribution in [2.75, 3.05) is 32.6 Å². The number of amides is 1. The second kappa shape index (κ2) is 19.0. The summed E-state index contributed by atoms with van der Waals surface area (Å²) in [5.74, 6) is -3.28. The van der Waals surface area contributed by atoms with Crippen LogP contribution in [0.1, 0.15) is 19.8 Å². The Morgan fingerprint density at radius 3 is 2.02 bits per heavy atom. The van der Waals surface area contributed by atoms with E-state index in [2.05, 4.69) is 20.4 Å². The molecule has 0 aliphatic carbocycles. The number of alkyl halides is 6. The summed E-state index contributed by atoms with van der Waals surface area (Å²) in [6.45, 7) is 3.33. The summed E-state index contributed by atoms with van der Waals surface area (Å²) in [6, 6.07) is 21.0. The summed E-state index contributed by atoms with van der Waals surface area (Å²) in [4.78, 5) is 41.7. The van der Waals surface area contributed by atoms with Crippen molar-refractivity contribution in [3.8, 4) is 39.9 Å². The number of H-pyrrole nitrogens is 1. The molecule has 0 atom stereocenters. The number of carbonyl (C=O) groups is 3. The van der Waals surface area contributed by atoms with Crippen molar-refractivity contribution in [1.82, 2.24) is 25.1 Å². The van der Waals surface area contributed by atoms with Crippen LogP contribution in [0.2, 0.25) is 0 Å². The number of rotatable bonds is 11. The van der Waals surface area contributed by atoms with E-state index in [4.69, 9.17) is 39.2 Å². The average molecular weight is 765 g/mol. The first kappa shape index (κ1) is 42.2. The summed E-state index contributed by atoms with van der Waals surface area (Å²) >= 11 is 0. The monoisotopic (exact) mass is 764 g/mol. The minimum atomic E-state index is -5.08. The van der Waals surface area contributed by atoms with Gasteiger partial charge in [0.15, 0.2) is 5.82 Å². The zero-order valence-corrected chi connectivity index (χ0v) is 28.8. The number of hydrogen-bond donors (Lipinski definition) is 4. The zero-order valence-electron chi connectivity index (χ0n) is 28.8. The second-order valence-corrected chi connectivity index (χ2v) is 11.3. The van der Waals surface area contributed by atoms with E-state index in [1.165, 1.54) is 0 Å². The maximum absolute atomic E-state index is 12.2. The summed E-state index contributed by atoms with van der Waals surface area (Å²) in [5.41, 5.74) is 4.19. The highest BCUT2D eigenvalue weighted by atomic mass is 19.4. The Hall–Kier alpha value is -6.24. The number of nitrogens with one attached hydrogen (secondary N) is 2. The van der Waals surface area contributed by atoms with Crippen LogP contribution in [0.5, 0.6) is 17.4 Å². The number of carbonyl (C=O) groups excluding carboxylic acids is 1. The quantitative estimate of drug-likeness (QED) is 0.0983. The van der Waals surface area contributed by atoms with Crippen molar-refractivity contribution >= 4 is 34.4 Å². The van der Waals surface area contributed by atoms with E-state index in [-0.39, 0.29) is 5.91 Å². The van der Waals surface area contributed by atoms with E-state index < -0.39 is 24.3 Å². The molecule has 0 fully saturated rings. The van der Waals surface area contributed by atoms with Crippen LogP contribution < -0.4 is 14.8 Å². The first-order valence-corrected chi connectivity index (χ1v) is 15.7.